The summed E-state index contributed by atoms with van der Waals surface area (Å²) in [5.41, 5.74) is 0. The summed E-state index contributed by atoms with van der Waals surface area (Å²) in [6, 6.07) is 0. The smallest absolute Gasteiger partial charge is 0.305 e. The number of carboxylic acid groups (broad SMARTS) is 1. The maximum atomic E-state index is 9.70. The van der Waals surface area contributed by atoms with Crippen LogP contribution in [0.15, 0.2) is 0 Å². The van der Waals surface area contributed by atoms with Gasteiger partial charge in [-0.1, -0.05) is 27.2 Å². The molecule has 13 heavy (non-hydrogen) atoms. The number of carboxylic acids is 1. The van der Waals surface area contributed by atoms with Crippen molar-refractivity contribution in [1.82, 2.24) is 0 Å². The highest BCUT2D eigenvalue weighted by molar-refractivity contribution is 5.68. The number of unbranched alkanes of at least 4 members (excludes halogenated alkanes) is 1. The predicted molar refractivity (Wildman–Crippen MR) is 50.2 cm³/mol. The molecule has 80 valence electrons. The Labute approximate surface area is 79.2 Å². The number of hydrogen-bond acceptors (Lipinski definition) is 3. The van der Waals surface area contributed by atoms with Crippen molar-refractivity contribution in [2.45, 2.75) is 46.3 Å². The van der Waals surface area contributed by atoms with E-state index in [2.05, 4.69) is 0 Å². The lowest BCUT2D eigenvalue weighted by Gasteiger charge is -1.97. The first-order chi connectivity index (χ1) is 5.91. The third-order valence-corrected chi connectivity index (χ3v) is 1.31. The average molecular weight is 192 g/mol. The van der Waals surface area contributed by atoms with Crippen molar-refractivity contribution in [1.29, 1.82) is 0 Å². The van der Waals surface area contributed by atoms with E-state index in [-0.39, 0.29) is 5.92 Å². The summed E-state index contributed by atoms with van der Waals surface area (Å²) in [5, 5.41) is 24.5. The van der Waals surface area contributed by atoms with Crippen molar-refractivity contribution < 1.29 is 20.1 Å². The number of rotatable bonds is 4. The number of hydrogen-bond donors (Lipinski definition) is 3. The van der Waals surface area contributed by atoms with Crippen LogP contribution in [0, 0.1) is 5.92 Å². The molecule has 4 nitrogen and oxygen atoms in total. The zero-order chi connectivity index (χ0) is 10.9. The lowest BCUT2D eigenvalue weighted by molar-refractivity contribution is -0.140. The summed E-state index contributed by atoms with van der Waals surface area (Å²) in [5.74, 6) is -0.972. The number of carbonyl (C=O) groups is 1. The second-order valence-electron chi connectivity index (χ2n) is 3.12. The van der Waals surface area contributed by atoms with Gasteiger partial charge in [-0.2, -0.15) is 0 Å². The van der Waals surface area contributed by atoms with Gasteiger partial charge in [-0.15, -0.1) is 0 Å². The Balaban J connectivity index is 0. The normalized spacial score (nSPS) is 9.77. The predicted octanol–water partition coefficient (Wildman–Crippen LogP) is 1.21. The minimum atomic E-state index is -1.10. The third-order valence-electron chi connectivity index (χ3n) is 1.31. The summed E-state index contributed by atoms with van der Waals surface area (Å²) in [6.45, 7) is 5.30. The van der Waals surface area contributed by atoms with E-state index in [0.717, 1.165) is 12.8 Å². The van der Waals surface area contributed by atoms with Crippen molar-refractivity contribution in [3.8, 4) is 0 Å². The average Bonchev–Trinajstić information content (AvgIpc) is 2.01. The first kappa shape index (κ1) is 14.9. The molecule has 0 aliphatic carbocycles. The molecule has 0 aromatic rings. The van der Waals surface area contributed by atoms with Gasteiger partial charge < -0.3 is 15.3 Å². The molecule has 0 spiro atoms. The quantitative estimate of drug-likeness (QED) is 0.585. The van der Waals surface area contributed by atoms with E-state index >= 15 is 0 Å². The first-order valence-corrected chi connectivity index (χ1v) is 4.50. The molecule has 0 heterocycles. The summed E-state index contributed by atoms with van der Waals surface area (Å²) in [6.07, 6.45) is 1.34. The van der Waals surface area contributed by atoms with E-state index in [4.69, 9.17) is 15.3 Å². The van der Waals surface area contributed by atoms with E-state index in [9.17, 15) is 4.79 Å². The molecule has 0 saturated heterocycles. The minimum Gasteiger partial charge on any atom is -0.481 e. The molecule has 0 aromatic heterocycles. The topological polar surface area (TPSA) is 77.8 Å². The van der Waals surface area contributed by atoms with Crippen molar-refractivity contribution in [2.75, 3.05) is 0 Å². The van der Waals surface area contributed by atoms with Gasteiger partial charge in [0.15, 0.2) is 6.29 Å². The molecule has 0 radical (unpaired) electrons. The number of aliphatic carboxylic acids is 1. The maximum absolute atomic E-state index is 9.70. The van der Waals surface area contributed by atoms with Crippen LogP contribution >= 0.6 is 0 Å². The monoisotopic (exact) mass is 192 g/mol. The van der Waals surface area contributed by atoms with Crippen LogP contribution < -0.4 is 0 Å². The molecule has 0 atom stereocenters. The fourth-order valence-corrected chi connectivity index (χ4v) is 0.387. The van der Waals surface area contributed by atoms with Gasteiger partial charge in [-0.05, 0) is 12.8 Å². The second-order valence-corrected chi connectivity index (χ2v) is 3.12. The molecule has 0 bridgehead atoms. The molecular formula is C9H20O4. The van der Waals surface area contributed by atoms with Crippen molar-refractivity contribution in [2.24, 2.45) is 5.92 Å². The second kappa shape index (κ2) is 9.48. The molecule has 0 unspecified atom stereocenters. The largest absolute Gasteiger partial charge is 0.481 e. The summed E-state index contributed by atoms with van der Waals surface area (Å²) in [4.78, 5) is 9.70. The van der Waals surface area contributed by atoms with E-state index in [1.54, 1.807) is 13.8 Å². The maximum Gasteiger partial charge on any atom is 0.305 e. The van der Waals surface area contributed by atoms with E-state index in [1.807, 2.05) is 6.92 Å². The SMILES string of the molecule is CC(C)C(=O)O.CCCCC(O)O. The highest BCUT2D eigenvalue weighted by atomic mass is 16.5. The molecule has 0 amide bonds. The number of aliphatic hydroxyl groups is 2. The molecular weight excluding hydrogens is 172 g/mol. The van der Waals surface area contributed by atoms with Crippen molar-refractivity contribution in [3.05, 3.63) is 0 Å². The van der Waals surface area contributed by atoms with Crippen molar-refractivity contribution >= 4 is 5.97 Å². The summed E-state index contributed by atoms with van der Waals surface area (Å²) >= 11 is 0. The molecule has 0 aromatic carbocycles. The Hall–Kier alpha value is -0.610. The van der Waals surface area contributed by atoms with Crippen LogP contribution in [0.25, 0.3) is 0 Å². The van der Waals surface area contributed by atoms with Crippen LogP contribution in [0.3, 0.4) is 0 Å². The van der Waals surface area contributed by atoms with Crippen LogP contribution in [0.4, 0.5) is 0 Å². The summed E-state index contributed by atoms with van der Waals surface area (Å²) in [7, 11) is 0. The van der Waals surface area contributed by atoms with Gasteiger partial charge in [0, 0.05) is 0 Å². The van der Waals surface area contributed by atoms with Gasteiger partial charge in [-0.3, -0.25) is 4.79 Å². The third kappa shape index (κ3) is 18.4. The Morgan fingerprint density at radius 2 is 1.69 bits per heavy atom. The molecule has 4 heteroatoms. The lowest BCUT2D eigenvalue weighted by atomic mass is 10.2. The molecule has 0 aliphatic rings. The van der Waals surface area contributed by atoms with Gasteiger partial charge in [0.25, 0.3) is 0 Å². The van der Waals surface area contributed by atoms with Crippen LogP contribution in [-0.2, 0) is 4.79 Å². The Kier molecular flexibility index (Phi) is 10.9. The molecule has 0 rings (SSSR count). The highest BCUT2D eigenvalue weighted by Gasteiger charge is 1.99. The van der Waals surface area contributed by atoms with Gasteiger partial charge in [0.2, 0.25) is 0 Å². The Morgan fingerprint density at radius 1 is 1.31 bits per heavy atom. The Morgan fingerprint density at radius 3 is 1.77 bits per heavy atom. The van der Waals surface area contributed by atoms with Gasteiger partial charge in [-0.25, -0.2) is 0 Å². The minimum absolute atomic E-state index is 0.231. The van der Waals surface area contributed by atoms with Crippen LogP contribution in [-0.4, -0.2) is 27.6 Å². The zero-order valence-corrected chi connectivity index (χ0v) is 8.53. The van der Waals surface area contributed by atoms with Crippen LogP contribution in [0.5, 0.6) is 0 Å². The van der Waals surface area contributed by atoms with Gasteiger partial charge >= 0.3 is 5.97 Å². The Bertz CT molecular complexity index is 121. The molecule has 0 aliphatic heterocycles. The molecule has 3 N–H and O–H groups in total. The van der Waals surface area contributed by atoms with Crippen LogP contribution in [0.1, 0.15) is 40.0 Å². The van der Waals surface area contributed by atoms with Crippen LogP contribution in [0.2, 0.25) is 0 Å². The number of aliphatic hydroxyl groups excluding tert-OH is 1. The molecule has 0 saturated carbocycles. The van der Waals surface area contributed by atoms with Gasteiger partial charge in [0.1, 0.15) is 0 Å². The zero-order valence-electron chi connectivity index (χ0n) is 8.53. The highest BCUT2D eigenvalue weighted by Crippen LogP contribution is 1.95. The van der Waals surface area contributed by atoms with E-state index in [1.165, 1.54) is 0 Å². The van der Waals surface area contributed by atoms with Crippen molar-refractivity contribution in [3.63, 3.8) is 0 Å². The summed E-state index contributed by atoms with van der Waals surface area (Å²) < 4.78 is 0. The van der Waals surface area contributed by atoms with Gasteiger partial charge in [0.05, 0.1) is 5.92 Å². The standard InChI is InChI=1S/C5H12O2.C4H8O2/c1-2-3-4-5(6)7;1-3(2)4(5)6/h5-7H,2-4H2,1H3;3H,1-2H3,(H,5,6). The fourth-order valence-electron chi connectivity index (χ4n) is 0.387. The first-order valence-electron chi connectivity index (χ1n) is 4.50. The van der Waals surface area contributed by atoms with E-state index < -0.39 is 12.3 Å². The molecule has 0 fully saturated rings. The fraction of sp³-hybridized carbons (Fsp3) is 0.889. The lowest BCUT2D eigenvalue weighted by Crippen LogP contribution is -2.03. The van der Waals surface area contributed by atoms with E-state index in [0.29, 0.717) is 6.42 Å².